The number of rotatable bonds is 5. The number of hydrogen-bond acceptors (Lipinski definition) is 4. The Morgan fingerprint density at radius 2 is 2.30 bits per heavy atom. The van der Waals surface area contributed by atoms with Gasteiger partial charge in [-0.05, 0) is 31.9 Å². The van der Waals surface area contributed by atoms with Crippen molar-refractivity contribution in [3.05, 3.63) is 46.5 Å². The molecule has 1 fully saturated rings. The minimum absolute atomic E-state index is 0.0341. The summed E-state index contributed by atoms with van der Waals surface area (Å²) in [5, 5.41) is 3.43. The Morgan fingerprint density at radius 1 is 1.45 bits per heavy atom. The summed E-state index contributed by atoms with van der Waals surface area (Å²) in [6.45, 7) is 3.43. The quantitative estimate of drug-likeness (QED) is 0.893. The second kappa shape index (κ2) is 5.73. The first-order chi connectivity index (χ1) is 9.76. The van der Waals surface area contributed by atoms with Crippen molar-refractivity contribution in [3.8, 4) is 0 Å². The van der Waals surface area contributed by atoms with Crippen LogP contribution in [0, 0.1) is 0 Å². The van der Waals surface area contributed by atoms with Crippen LogP contribution in [0.3, 0.4) is 0 Å². The average molecular weight is 273 g/mol. The Bertz CT molecular complexity index is 647. The minimum Gasteiger partial charge on any atom is -0.378 e. The minimum atomic E-state index is -0.0341. The van der Waals surface area contributed by atoms with E-state index >= 15 is 0 Å². The van der Waals surface area contributed by atoms with E-state index in [2.05, 4.69) is 10.3 Å². The van der Waals surface area contributed by atoms with E-state index in [9.17, 15) is 4.79 Å². The van der Waals surface area contributed by atoms with E-state index in [1.54, 1.807) is 16.7 Å². The van der Waals surface area contributed by atoms with Gasteiger partial charge in [-0.15, -0.1) is 0 Å². The third-order valence-electron chi connectivity index (χ3n) is 3.69. The Balaban J connectivity index is 1.63. The van der Waals surface area contributed by atoms with Crippen LogP contribution in [0.15, 0.2) is 35.3 Å². The van der Waals surface area contributed by atoms with Crippen molar-refractivity contribution in [2.24, 2.45) is 0 Å². The highest BCUT2D eigenvalue weighted by Crippen LogP contribution is 2.23. The summed E-state index contributed by atoms with van der Waals surface area (Å²) in [6, 6.07) is 7.63. The molecular formula is C15H19N3O2. The molecule has 0 saturated heterocycles. The Kier molecular flexibility index (Phi) is 3.80. The summed E-state index contributed by atoms with van der Waals surface area (Å²) in [5.74, 6) is 0. The third-order valence-corrected chi connectivity index (χ3v) is 3.69. The zero-order chi connectivity index (χ0) is 13.9. The molecule has 0 amide bonds. The lowest BCUT2D eigenvalue weighted by Crippen LogP contribution is -2.45. The molecule has 1 saturated carbocycles. The van der Waals surface area contributed by atoms with E-state index < -0.39 is 0 Å². The topological polar surface area (TPSA) is 55.6 Å². The molecule has 20 heavy (non-hydrogen) atoms. The summed E-state index contributed by atoms with van der Waals surface area (Å²) < 4.78 is 7.08. The monoisotopic (exact) mass is 273 g/mol. The van der Waals surface area contributed by atoms with Gasteiger partial charge < -0.3 is 10.1 Å². The van der Waals surface area contributed by atoms with Crippen LogP contribution in [0.1, 0.15) is 25.5 Å². The van der Waals surface area contributed by atoms with E-state index in [1.165, 1.54) is 0 Å². The van der Waals surface area contributed by atoms with Crippen LogP contribution in [0.5, 0.6) is 0 Å². The highest BCUT2D eigenvalue weighted by Gasteiger charge is 2.28. The highest BCUT2D eigenvalue weighted by molar-refractivity contribution is 5.37. The number of nitrogens with zero attached hydrogens (tertiary/aromatic N) is 2. The standard InChI is InChI=1S/C15H19N3O2/c1-2-20-13-7-11(8-13)16-10-12-9-15(19)18-6-4-3-5-14(18)17-12/h3-6,9,11,13,16H,2,7-8,10H2,1H3. The Labute approximate surface area is 117 Å². The van der Waals surface area contributed by atoms with Crippen molar-refractivity contribution in [2.45, 2.75) is 38.5 Å². The predicted octanol–water partition coefficient (Wildman–Crippen LogP) is 1.35. The zero-order valence-electron chi connectivity index (χ0n) is 11.6. The molecule has 1 aliphatic carbocycles. The first kappa shape index (κ1) is 13.3. The van der Waals surface area contributed by atoms with Crippen LogP contribution in [-0.4, -0.2) is 28.1 Å². The van der Waals surface area contributed by atoms with Crippen molar-refractivity contribution in [1.82, 2.24) is 14.7 Å². The van der Waals surface area contributed by atoms with E-state index in [4.69, 9.17) is 4.74 Å². The second-order valence-electron chi connectivity index (χ2n) is 5.14. The van der Waals surface area contributed by atoms with Crippen LogP contribution in [-0.2, 0) is 11.3 Å². The predicted molar refractivity (Wildman–Crippen MR) is 76.7 cm³/mol. The van der Waals surface area contributed by atoms with Gasteiger partial charge in [-0.25, -0.2) is 4.98 Å². The molecule has 0 bridgehead atoms. The molecule has 2 aromatic rings. The lowest BCUT2D eigenvalue weighted by atomic mass is 9.89. The lowest BCUT2D eigenvalue weighted by molar-refractivity contribution is -0.0103. The van der Waals surface area contributed by atoms with Gasteiger partial charge in [0.15, 0.2) is 0 Å². The average Bonchev–Trinajstić information content (AvgIpc) is 2.41. The lowest BCUT2D eigenvalue weighted by Gasteiger charge is -2.35. The van der Waals surface area contributed by atoms with Crippen molar-refractivity contribution in [3.63, 3.8) is 0 Å². The molecule has 106 valence electrons. The van der Waals surface area contributed by atoms with Gasteiger partial charge in [-0.3, -0.25) is 9.20 Å². The Morgan fingerprint density at radius 3 is 3.10 bits per heavy atom. The van der Waals surface area contributed by atoms with Gasteiger partial charge in [-0.2, -0.15) is 0 Å². The van der Waals surface area contributed by atoms with Gasteiger partial charge in [0.05, 0.1) is 11.8 Å². The van der Waals surface area contributed by atoms with E-state index in [-0.39, 0.29) is 5.56 Å². The third kappa shape index (κ3) is 2.73. The Hall–Kier alpha value is -1.72. The van der Waals surface area contributed by atoms with Crippen LogP contribution >= 0.6 is 0 Å². The summed E-state index contributed by atoms with van der Waals surface area (Å²) in [6.07, 6.45) is 4.22. The van der Waals surface area contributed by atoms with E-state index in [1.807, 2.05) is 25.1 Å². The number of aromatic nitrogens is 2. The largest absolute Gasteiger partial charge is 0.378 e. The smallest absolute Gasteiger partial charge is 0.258 e. The molecule has 0 radical (unpaired) electrons. The maximum atomic E-state index is 11.9. The van der Waals surface area contributed by atoms with Gasteiger partial charge in [0.2, 0.25) is 0 Å². The fourth-order valence-electron chi connectivity index (χ4n) is 2.55. The molecule has 0 atom stereocenters. The molecule has 2 heterocycles. The molecule has 0 aromatic carbocycles. The maximum Gasteiger partial charge on any atom is 0.258 e. The van der Waals surface area contributed by atoms with Crippen molar-refractivity contribution in [1.29, 1.82) is 0 Å². The van der Waals surface area contributed by atoms with Crippen molar-refractivity contribution in [2.75, 3.05) is 6.61 Å². The summed E-state index contributed by atoms with van der Waals surface area (Å²) in [4.78, 5) is 16.4. The molecule has 2 aromatic heterocycles. The van der Waals surface area contributed by atoms with Gasteiger partial charge in [0.1, 0.15) is 5.65 Å². The SMILES string of the molecule is CCOC1CC(NCc2cc(=O)n3ccccc3n2)C1. The van der Waals surface area contributed by atoms with Crippen molar-refractivity contribution >= 4 is 5.65 Å². The first-order valence-corrected chi connectivity index (χ1v) is 7.08. The van der Waals surface area contributed by atoms with Gasteiger partial charge in [-0.1, -0.05) is 6.07 Å². The molecule has 1 N–H and O–H groups in total. The molecule has 5 nitrogen and oxygen atoms in total. The number of ether oxygens (including phenoxy) is 1. The van der Waals surface area contributed by atoms with Crippen LogP contribution in [0.2, 0.25) is 0 Å². The fourth-order valence-corrected chi connectivity index (χ4v) is 2.55. The second-order valence-corrected chi connectivity index (χ2v) is 5.14. The van der Waals surface area contributed by atoms with E-state index in [0.717, 1.165) is 25.1 Å². The van der Waals surface area contributed by atoms with E-state index in [0.29, 0.717) is 24.3 Å². The van der Waals surface area contributed by atoms with Crippen LogP contribution in [0.25, 0.3) is 5.65 Å². The molecule has 0 unspecified atom stereocenters. The molecule has 5 heteroatoms. The number of nitrogens with one attached hydrogen (secondary N) is 1. The molecule has 3 rings (SSSR count). The first-order valence-electron chi connectivity index (χ1n) is 7.08. The fraction of sp³-hybridized carbons (Fsp3) is 0.467. The number of pyridine rings is 1. The van der Waals surface area contributed by atoms with Crippen LogP contribution in [0.4, 0.5) is 0 Å². The molecule has 0 spiro atoms. The van der Waals surface area contributed by atoms with Crippen molar-refractivity contribution < 1.29 is 4.74 Å². The van der Waals surface area contributed by atoms with Gasteiger partial charge in [0.25, 0.3) is 5.56 Å². The maximum absolute atomic E-state index is 11.9. The highest BCUT2D eigenvalue weighted by atomic mass is 16.5. The molecule has 1 aliphatic rings. The van der Waals surface area contributed by atoms with Gasteiger partial charge in [0, 0.05) is 31.5 Å². The summed E-state index contributed by atoms with van der Waals surface area (Å²) >= 11 is 0. The van der Waals surface area contributed by atoms with Crippen LogP contribution < -0.4 is 10.9 Å². The number of hydrogen-bond donors (Lipinski definition) is 1. The number of fused-ring (bicyclic) bond motifs is 1. The zero-order valence-corrected chi connectivity index (χ0v) is 11.6. The summed E-state index contributed by atoms with van der Waals surface area (Å²) in [7, 11) is 0. The molecule has 0 aliphatic heterocycles. The normalized spacial score (nSPS) is 21.9. The summed E-state index contributed by atoms with van der Waals surface area (Å²) in [5.41, 5.74) is 1.45. The molecular weight excluding hydrogens is 254 g/mol. The van der Waals surface area contributed by atoms with Gasteiger partial charge >= 0.3 is 0 Å².